The molecule has 0 aromatic carbocycles. The van der Waals surface area contributed by atoms with Gasteiger partial charge < -0.3 is 14.8 Å². The normalized spacial score (nSPS) is 10.2. The molecular weight excluding hydrogens is 222 g/mol. The largest absolute Gasteiger partial charge is 0.477 e. The molecule has 0 unspecified atom stereocenters. The summed E-state index contributed by atoms with van der Waals surface area (Å²) in [7, 11) is 0. The third kappa shape index (κ3) is 2.41. The van der Waals surface area contributed by atoms with Gasteiger partial charge in [-0.2, -0.15) is 0 Å². The van der Waals surface area contributed by atoms with Gasteiger partial charge in [-0.1, -0.05) is 0 Å². The number of hydrogen-bond donors (Lipinski definition) is 2. The molecule has 0 bridgehead atoms. The Morgan fingerprint density at radius 1 is 1.53 bits per heavy atom. The minimum atomic E-state index is -1.10. The summed E-state index contributed by atoms with van der Waals surface area (Å²) in [5, 5.41) is 11.9. The fourth-order valence-electron chi connectivity index (χ4n) is 1.34. The van der Waals surface area contributed by atoms with Crippen LogP contribution in [0, 0.1) is 0 Å². The molecule has 0 radical (unpaired) electrons. The average molecular weight is 233 g/mol. The van der Waals surface area contributed by atoms with Crippen molar-refractivity contribution in [2.24, 2.45) is 0 Å². The Labute approximate surface area is 97.3 Å². The summed E-state index contributed by atoms with van der Waals surface area (Å²) in [6, 6.07) is 4.76. The summed E-state index contributed by atoms with van der Waals surface area (Å²) in [6.45, 7) is 2.54. The molecule has 0 fully saturated rings. The predicted octanol–water partition coefficient (Wildman–Crippen LogP) is 1.87. The van der Waals surface area contributed by atoms with Gasteiger partial charge in [-0.15, -0.1) is 0 Å². The second kappa shape index (κ2) is 4.65. The van der Waals surface area contributed by atoms with Gasteiger partial charge in [0.1, 0.15) is 5.82 Å². The van der Waals surface area contributed by atoms with E-state index in [1.165, 1.54) is 12.3 Å². The van der Waals surface area contributed by atoms with E-state index in [0.29, 0.717) is 18.1 Å². The Hall–Kier alpha value is -2.37. The van der Waals surface area contributed by atoms with Crippen molar-refractivity contribution in [2.75, 3.05) is 11.9 Å². The van der Waals surface area contributed by atoms with E-state index in [4.69, 9.17) is 9.52 Å². The minimum Gasteiger partial charge on any atom is -0.477 e. The van der Waals surface area contributed by atoms with E-state index in [1.807, 2.05) is 6.92 Å². The van der Waals surface area contributed by atoms with E-state index in [1.54, 1.807) is 12.1 Å². The van der Waals surface area contributed by atoms with Gasteiger partial charge in [-0.3, -0.25) is 0 Å². The zero-order valence-electron chi connectivity index (χ0n) is 9.17. The van der Waals surface area contributed by atoms with Crippen molar-refractivity contribution in [3.8, 4) is 11.6 Å². The third-order valence-corrected chi connectivity index (χ3v) is 2.04. The summed E-state index contributed by atoms with van der Waals surface area (Å²) < 4.78 is 5.14. The number of nitrogens with zero attached hydrogens (tertiary/aromatic N) is 2. The van der Waals surface area contributed by atoms with E-state index in [2.05, 4.69) is 15.3 Å². The molecule has 6 heteroatoms. The molecule has 0 atom stereocenters. The molecule has 6 nitrogen and oxygen atoms in total. The number of hydrogen-bond acceptors (Lipinski definition) is 5. The molecule has 0 spiro atoms. The van der Waals surface area contributed by atoms with Gasteiger partial charge in [-0.05, 0) is 19.1 Å². The summed E-state index contributed by atoms with van der Waals surface area (Å²) in [4.78, 5) is 19.0. The lowest BCUT2D eigenvalue weighted by molar-refractivity contribution is 0.0690. The van der Waals surface area contributed by atoms with E-state index in [9.17, 15) is 4.79 Å². The molecule has 0 saturated heterocycles. The molecule has 2 N–H and O–H groups in total. The van der Waals surface area contributed by atoms with Crippen molar-refractivity contribution in [3.05, 3.63) is 30.2 Å². The molecule has 0 amide bonds. The van der Waals surface area contributed by atoms with E-state index < -0.39 is 5.97 Å². The number of rotatable bonds is 4. The van der Waals surface area contributed by atoms with Crippen molar-refractivity contribution in [1.29, 1.82) is 0 Å². The number of carboxylic acid groups (broad SMARTS) is 1. The van der Waals surface area contributed by atoms with Crippen LogP contribution in [0.15, 0.2) is 28.9 Å². The highest BCUT2D eigenvalue weighted by atomic mass is 16.4. The predicted molar refractivity (Wildman–Crippen MR) is 60.9 cm³/mol. The first-order valence-electron chi connectivity index (χ1n) is 5.11. The molecule has 0 saturated carbocycles. The number of furan rings is 1. The van der Waals surface area contributed by atoms with Gasteiger partial charge in [0, 0.05) is 12.6 Å². The van der Waals surface area contributed by atoms with Crippen LogP contribution in [-0.4, -0.2) is 27.6 Å². The molecule has 2 rings (SSSR count). The lowest BCUT2D eigenvalue weighted by Gasteiger charge is -2.05. The first kappa shape index (κ1) is 11.1. The van der Waals surface area contributed by atoms with Gasteiger partial charge in [0.05, 0.1) is 6.26 Å². The number of carbonyl (C=O) groups is 1. The number of carboxylic acids is 1. The number of nitrogens with one attached hydrogen (secondary N) is 1. The zero-order valence-corrected chi connectivity index (χ0v) is 9.17. The molecule has 0 aliphatic heterocycles. The monoisotopic (exact) mass is 233 g/mol. The smallest absolute Gasteiger partial charge is 0.354 e. The van der Waals surface area contributed by atoms with Gasteiger partial charge in [0.2, 0.25) is 0 Å². The number of anilines is 1. The summed E-state index contributed by atoms with van der Waals surface area (Å²) in [5.41, 5.74) is -0.0673. The van der Waals surface area contributed by atoms with Crippen molar-refractivity contribution in [2.45, 2.75) is 6.92 Å². The SMILES string of the molecule is CCNc1cc(C(=O)O)nc(-c2ccco2)n1. The summed E-state index contributed by atoms with van der Waals surface area (Å²) in [5.74, 6) is 0.0590. The maximum atomic E-state index is 10.9. The molecule has 88 valence electrons. The van der Waals surface area contributed by atoms with Gasteiger partial charge in [0.15, 0.2) is 17.3 Å². The van der Waals surface area contributed by atoms with Crippen molar-refractivity contribution in [3.63, 3.8) is 0 Å². The fraction of sp³-hybridized carbons (Fsp3) is 0.182. The molecule has 2 aromatic heterocycles. The van der Waals surface area contributed by atoms with Crippen LogP contribution in [0.1, 0.15) is 17.4 Å². The number of aromatic carboxylic acids is 1. The van der Waals surface area contributed by atoms with Crippen molar-refractivity contribution < 1.29 is 14.3 Å². The highest BCUT2D eigenvalue weighted by molar-refractivity contribution is 5.86. The molecule has 0 aliphatic rings. The lowest BCUT2D eigenvalue weighted by Crippen LogP contribution is -2.07. The quantitative estimate of drug-likeness (QED) is 0.838. The Balaban J connectivity index is 2.48. The Morgan fingerprint density at radius 3 is 2.94 bits per heavy atom. The number of aromatic nitrogens is 2. The van der Waals surface area contributed by atoms with Crippen LogP contribution in [0.2, 0.25) is 0 Å². The third-order valence-electron chi connectivity index (χ3n) is 2.04. The zero-order chi connectivity index (χ0) is 12.3. The Morgan fingerprint density at radius 2 is 2.35 bits per heavy atom. The Bertz CT molecular complexity index is 523. The summed E-state index contributed by atoms with van der Waals surface area (Å²) in [6.07, 6.45) is 1.49. The van der Waals surface area contributed by atoms with Crippen LogP contribution < -0.4 is 5.32 Å². The van der Waals surface area contributed by atoms with Crippen LogP contribution >= 0.6 is 0 Å². The van der Waals surface area contributed by atoms with E-state index in [0.717, 1.165) is 0 Å². The maximum Gasteiger partial charge on any atom is 0.354 e. The molecule has 17 heavy (non-hydrogen) atoms. The first-order chi connectivity index (χ1) is 8.20. The molecule has 0 aliphatic carbocycles. The second-order valence-electron chi connectivity index (χ2n) is 3.27. The highest BCUT2D eigenvalue weighted by Gasteiger charge is 2.12. The Kier molecular flexibility index (Phi) is 3.04. The molecule has 2 aromatic rings. The standard InChI is InChI=1S/C11H11N3O3/c1-2-12-9-6-7(11(15)16)13-10(14-9)8-4-3-5-17-8/h3-6H,2H2,1H3,(H,15,16)(H,12,13,14). The van der Waals surface area contributed by atoms with E-state index in [-0.39, 0.29) is 11.5 Å². The van der Waals surface area contributed by atoms with Crippen LogP contribution in [0.3, 0.4) is 0 Å². The lowest BCUT2D eigenvalue weighted by atomic mass is 10.3. The maximum absolute atomic E-state index is 10.9. The second-order valence-corrected chi connectivity index (χ2v) is 3.27. The first-order valence-corrected chi connectivity index (χ1v) is 5.11. The van der Waals surface area contributed by atoms with Crippen molar-refractivity contribution >= 4 is 11.8 Å². The van der Waals surface area contributed by atoms with E-state index >= 15 is 0 Å². The minimum absolute atomic E-state index is 0.0673. The fourth-order valence-corrected chi connectivity index (χ4v) is 1.34. The van der Waals surface area contributed by atoms with Gasteiger partial charge in [0.25, 0.3) is 0 Å². The molecular formula is C11H11N3O3. The highest BCUT2D eigenvalue weighted by Crippen LogP contribution is 2.18. The van der Waals surface area contributed by atoms with Gasteiger partial charge in [-0.25, -0.2) is 14.8 Å². The summed E-state index contributed by atoms with van der Waals surface area (Å²) >= 11 is 0. The van der Waals surface area contributed by atoms with Crippen LogP contribution in [-0.2, 0) is 0 Å². The van der Waals surface area contributed by atoms with Crippen LogP contribution in [0.5, 0.6) is 0 Å². The van der Waals surface area contributed by atoms with Gasteiger partial charge >= 0.3 is 5.97 Å². The topological polar surface area (TPSA) is 88.2 Å². The molecule has 2 heterocycles. The van der Waals surface area contributed by atoms with Crippen LogP contribution in [0.25, 0.3) is 11.6 Å². The average Bonchev–Trinajstić information content (AvgIpc) is 2.82. The van der Waals surface area contributed by atoms with Crippen LogP contribution in [0.4, 0.5) is 5.82 Å². The van der Waals surface area contributed by atoms with Crippen molar-refractivity contribution in [1.82, 2.24) is 9.97 Å².